The number of aryl methyl sites for hydroxylation is 2. The molecule has 4 rings (SSSR count). The van der Waals surface area contributed by atoms with Crippen molar-refractivity contribution in [2.24, 2.45) is 0 Å². The van der Waals surface area contributed by atoms with E-state index in [1.165, 1.54) is 0 Å². The van der Waals surface area contributed by atoms with Crippen molar-refractivity contribution in [1.29, 1.82) is 0 Å². The lowest BCUT2D eigenvalue weighted by Gasteiger charge is -2.20. The van der Waals surface area contributed by atoms with Crippen molar-refractivity contribution < 1.29 is 9.53 Å². The Morgan fingerprint density at radius 3 is 2.47 bits per heavy atom. The summed E-state index contributed by atoms with van der Waals surface area (Å²) in [5.74, 6) is -0.335. The van der Waals surface area contributed by atoms with Crippen LogP contribution in [0.1, 0.15) is 29.8 Å². The molecule has 4 aromatic rings. The van der Waals surface area contributed by atoms with E-state index in [1.807, 2.05) is 98.1 Å². The largest absolute Gasteiger partial charge is 0.464 e. The molecule has 0 bridgehead atoms. The summed E-state index contributed by atoms with van der Waals surface area (Å²) in [6.07, 6.45) is 1.94. The molecule has 1 unspecified atom stereocenters. The van der Waals surface area contributed by atoms with Gasteiger partial charge in [-0.2, -0.15) is 0 Å². The molecule has 0 fully saturated rings. The van der Waals surface area contributed by atoms with Crippen LogP contribution in [0.3, 0.4) is 0 Å². The molecule has 0 spiro atoms. The molecule has 2 aromatic heterocycles. The van der Waals surface area contributed by atoms with Crippen LogP contribution in [-0.2, 0) is 9.53 Å². The van der Waals surface area contributed by atoms with Crippen molar-refractivity contribution in [3.05, 3.63) is 89.7 Å². The van der Waals surface area contributed by atoms with Crippen molar-refractivity contribution in [1.82, 2.24) is 9.38 Å². The van der Waals surface area contributed by atoms with Crippen LogP contribution in [0.4, 0.5) is 5.69 Å². The third kappa shape index (κ3) is 3.79. The summed E-state index contributed by atoms with van der Waals surface area (Å²) in [6, 6.07) is 21.2. The summed E-state index contributed by atoms with van der Waals surface area (Å²) in [4.78, 5) is 18.0. The maximum Gasteiger partial charge on any atom is 0.334 e. The minimum atomic E-state index is -0.709. The van der Waals surface area contributed by atoms with Crippen LogP contribution in [0.15, 0.2) is 72.9 Å². The Kier molecular flexibility index (Phi) is 5.53. The average molecular weight is 399 g/mol. The number of carbonyl (C=O) groups excluding carboxylic acids is 1. The van der Waals surface area contributed by atoms with Crippen LogP contribution < -0.4 is 5.32 Å². The van der Waals surface area contributed by atoms with Crippen molar-refractivity contribution in [2.75, 3.05) is 11.9 Å². The van der Waals surface area contributed by atoms with Crippen molar-refractivity contribution in [2.45, 2.75) is 26.8 Å². The Balaban J connectivity index is 1.92. The molecule has 2 aromatic carbocycles. The smallest absolute Gasteiger partial charge is 0.334 e. The van der Waals surface area contributed by atoms with Crippen molar-refractivity contribution in [3.63, 3.8) is 0 Å². The van der Waals surface area contributed by atoms with Gasteiger partial charge in [-0.3, -0.25) is 0 Å². The number of pyridine rings is 1. The van der Waals surface area contributed by atoms with Crippen LogP contribution in [0, 0.1) is 13.8 Å². The van der Waals surface area contributed by atoms with Crippen molar-refractivity contribution in [3.8, 4) is 11.3 Å². The molecule has 2 heterocycles. The van der Waals surface area contributed by atoms with E-state index in [0.29, 0.717) is 6.61 Å². The third-order valence-electron chi connectivity index (χ3n) is 5.09. The highest BCUT2D eigenvalue weighted by atomic mass is 16.5. The maximum absolute atomic E-state index is 13.1. The number of rotatable bonds is 6. The number of nitrogens with zero attached hydrogens (tertiary/aromatic N) is 2. The first-order chi connectivity index (χ1) is 14.6. The predicted molar refractivity (Wildman–Crippen MR) is 120 cm³/mol. The normalized spacial score (nSPS) is 12.0. The number of aromatic nitrogens is 2. The molecule has 152 valence electrons. The molecule has 1 atom stereocenters. The van der Waals surface area contributed by atoms with E-state index in [1.54, 1.807) is 0 Å². The van der Waals surface area contributed by atoms with E-state index in [2.05, 4.69) is 5.32 Å². The van der Waals surface area contributed by atoms with Gasteiger partial charge in [0.25, 0.3) is 0 Å². The van der Waals surface area contributed by atoms with Gasteiger partial charge < -0.3 is 14.5 Å². The molecule has 1 N–H and O–H groups in total. The fraction of sp³-hybridized carbons (Fsp3) is 0.200. The highest BCUT2D eigenvalue weighted by Crippen LogP contribution is 2.32. The SMILES string of the molecule is CCOC(=O)C(Nc1ccc(C)cc1)c1c(-c2ccccc2)nc2c(C)cccn12. The zero-order chi connectivity index (χ0) is 21.1. The van der Waals surface area contributed by atoms with Gasteiger partial charge in [-0.1, -0.05) is 54.1 Å². The average Bonchev–Trinajstić information content (AvgIpc) is 3.15. The van der Waals surface area contributed by atoms with Gasteiger partial charge in [0.15, 0.2) is 6.04 Å². The number of hydrogen-bond donors (Lipinski definition) is 1. The number of anilines is 1. The second kappa shape index (κ2) is 8.41. The molecule has 0 aliphatic carbocycles. The molecule has 0 saturated heterocycles. The Hall–Kier alpha value is -3.60. The van der Waals surface area contributed by atoms with Gasteiger partial charge in [-0.25, -0.2) is 9.78 Å². The first kappa shape index (κ1) is 19.7. The van der Waals surface area contributed by atoms with Gasteiger partial charge >= 0.3 is 5.97 Å². The molecular weight excluding hydrogens is 374 g/mol. The molecule has 0 amide bonds. The van der Waals surface area contributed by atoms with Gasteiger partial charge in [0.05, 0.1) is 18.0 Å². The third-order valence-corrected chi connectivity index (χ3v) is 5.09. The lowest BCUT2D eigenvalue weighted by molar-refractivity contribution is -0.144. The molecule has 0 radical (unpaired) electrons. The van der Waals surface area contributed by atoms with Crippen LogP contribution in [0.25, 0.3) is 16.9 Å². The zero-order valence-corrected chi connectivity index (χ0v) is 17.4. The fourth-order valence-corrected chi connectivity index (χ4v) is 3.59. The van der Waals surface area contributed by atoms with Crippen LogP contribution in [0.2, 0.25) is 0 Å². The van der Waals surface area contributed by atoms with Crippen LogP contribution in [-0.4, -0.2) is 22.0 Å². The fourth-order valence-electron chi connectivity index (χ4n) is 3.59. The van der Waals surface area contributed by atoms with Gasteiger partial charge in [0.1, 0.15) is 5.65 Å². The molecule has 0 aliphatic rings. The quantitative estimate of drug-likeness (QED) is 0.445. The molecular formula is C25H25N3O2. The number of carbonyl (C=O) groups is 1. The number of ether oxygens (including phenoxy) is 1. The molecule has 0 aliphatic heterocycles. The molecule has 5 heteroatoms. The summed E-state index contributed by atoms with van der Waals surface area (Å²) in [7, 11) is 0. The first-order valence-electron chi connectivity index (χ1n) is 10.1. The number of benzene rings is 2. The Morgan fingerprint density at radius 1 is 1.03 bits per heavy atom. The van der Waals surface area contributed by atoms with E-state index in [9.17, 15) is 4.79 Å². The van der Waals surface area contributed by atoms with Gasteiger partial charge in [0, 0.05) is 17.4 Å². The van der Waals surface area contributed by atoms with Crippen molar-refractivity contribution >= 4 is 17.3 Å². The standard InChI is InChI=1S/C25H25N3O2/c1-4-30-25(29)22(26-20-14-12-17(2)13-15-20)23-21(19-10-6-5-7-11-19)27-24-18(3)9-8-16-28(23)24/h5-16,22,26H,4H2,1-3H3. The maximum atomic E-state index is 13.1. The molecule has 0 saturated carbocycles. The summed E-state index contributed by atoms with van der Waals surface area (Å²) in [5, 5.41) is 3.38. The lowest BCUT2D eigenvalue weighted by atomic mass is 10.0. The highest BCUT2D eigenvalue weighted by Gasteiger charge is 2.30. The van der Waals surface area contributed by atoms with E-state index in [0.717, 1.165) is 39.4 Å². The Morgan fingerprint density at radius 2 is 1.77 bits per heavy atom. The minimum absolute atomic E-state index is 0.307. The number of fused-ring (bicyclic) bond motifs is 1. The van der Waals surface area contributed by atoms with E-state index in [4.69, 9.17) is 9.72 Å². The topological polar surface area (TPSA) is 55.6 Å². The van der Waals surface area contributed by atoms with E-state index in [-0.39, 0.29) is 5.97 Å². The van der Waals surface area contributed by atoms with Crippen LogP contribution >= 0.6 is 0 Å². The number of imidazole rings is 1. The second-order valence-electron chi connectivity index (χ2n) is 7.29. The summed E-state index contributed by atoms with van der Waals surface area (Å²) < 4.78 is 7.44. The number of nitrogens with one attached hydrogen (secondary N) is 1. The number of esters is 1. The summed E-state index contributed by atoms with van der Waals surface area (Å²) in [5.41, 5.74) is 6.35. The summed E-state index contributed by atoms with van der Waals surface area (Å²) in [6.45, 7) is 6.18. The Labute approximate surface area is 176 Å². The number of hydrogen-bond acceptors (Lipinski definition) is 4. The van der Waals surface area contributed by atoms with Gasteiger partial charge in [-0.15, -0.1) is 0 Å². The molecule has 30 heavy (non-hydrogen) atoms. The van der Waals surface area contributed by atoms with Gasteiger partial charge in [0.2, 0.25) is 0 Å². The second-order valence-corrected chi connectivity index (χ2v) is 7.29. The minimum Gasteiger partial charge on any atom is -0.464 e. The highest BCUT2D eigenvalue weighted by molar-refractivity contribution is 5.84. The van der Waals surface area contributed by atoms with E-state index < -0.39 is 6.04 Å². The Bertz CT molecular complexity index is 1160. The van der Waals surface area contributed by atoms with Crippen LogP contribution in [0.5, 0.6) is 0 Å². The predicted octanol–water partition coefficient (Wildman–Crippen LogP) is 5.33. The zero-order valence-electron chi connectivity index (χ0n) is 17.4. The first-order valence-corrected chi connectivity index (χ1v) is 10.1. The molecule has 5 nitrogen and oxygen atoms in total. The summed E-state index contributed by atoms with van der Waals surface area (Å²) >= 11 is 0. The van der Waals surface area contributed by atoms with Gasteiger partial charge in [-0.05, 0) is 44.5 Å². The lowest BCUT2D eigenvalue weighted by Crippen LogP contribution is -2.25. The van der Waals surface area contributed by atoms with E-state index >= 15 is 0 Å². The monoisotopic (exact) mass is 399 g/mol.